The molecule has 0 aromatic heterocycles. The molecule has 0 unspecified atom stereocenters. The van der Waals surface area contributed by atoms with Crippen LogP contribution in [0.1, 0.15) is 34.1 Å². The van der Waals surface area contributed by atoms with E-state index in [1.165, 1.54) is 0 Å². The maximum absolute atomic E-state index is 11.4. The van der Waals surface area contributed by atoms with Gasteiger partial charge in [0.05, 0.1) is 0 Å². The van der Waals surface area contributed by atoms with E-state index >= 15 is 0 Å². The quantitative estimate of drug-likeness (QED) is 0.593. The lowest BCUT2D eigenvalue weighted by atomic mass is 10.2. The third-order valence-corrected chi connectivity index (χ3v) is 2.05. The molecule has 1 amide bonds. The number of likely N-dealkylation sites (N-methyl/N-ethyl adjacent to an activating group) is 1. The van der Waals surface area contributed by atoms with E-state index < -0.39 is 0 Å². The van der Waals surface area contributed by atoms with Crippen molar-refractivity contribution in [3.05, 3.63) is 11.6 Å². The summed E-state index contributed by atoms with van der Waals surface area (Å²) in [6.07, 6.45) is 2.65. The highest BCUT2D eigenvalue weighted by Crippen LogP contribution is 2.01. The van der Waals surface area contributed by atoms with Gasteiger partial charge in [-0.25, -0.2) is 0 Å². The van der Waals surface area contributed by atoms with Crippen LogP contribution in [-0.2, 0) is 4.79 Å². The minimum absolute atomic E-state index is 0.101. The van der Waals surface area contributed by atoms with Gasteiger partial charge in [0, 0.05) is 19.2 Å². The van der Waals surface area contributed by atoms with Gasteiger partial charge in [-0.1, -0.05) is 12.5 Å². The number of carbonyl (C=O) groups is 1. The number of hydrogen-bond acceptors (Lipinski definition) is 1. The molecule has 0 N–H and O–H groups in total. The molecule has 0 radical (unpaired) electrons. The van der Waals surface area contributed by atoms with E-state index in [0.29, 0.717) is 0 Å². The first kappa shape index (κ1) is 11.2. The van der Waals surface area contributed by atoms with Crippen LogP contribution in [0.3, 0.4) is 0 Å². The molecule has 0 bridgehead atoms. The van der Waals surface area contributed by atoms with Gasteiger partial charge in [0.25, 0.3) is 0 Å². The molecule has 0 aliphatic carbocycles. The Hall–Kier alpha value is -0.790. The van der Waals surface area contributed by atoms with Crippen molar-refractivity contribution in [3.8, 4) is 0 Å². The standard InChI is InChI=1S/C10H19NO/c1-6-9(4)7-10(12)11(5)8(2)3/h7-8H,6H2,1-5H3/b9-7+. The van der Waals surface area contributed by atoms with Crippen molar-refractivity contribution in [2.45, 2.75) is 40.2 Å². The van der Waals surface area contributed by atoms with E-state index in [4.69, 9.17) is 0 Å². The zero-order chi connectivity index (χ0) is 9.72. The first-order valence-corrected chi connectivity index (χ1v) is 4.43. The average molecular weight is 169 g/mol. The SMILES string of the molecule is CC/C(C)=C/C(=O)N(C)C(C)C. The molecule has 2 nitrogen and oxygen atoms in total. The van der Waals surface area contributed by atoms with Crippen molar-refractivity contribution in [2.75, 3.05) is 7.05 Å². The molecule has 0 aromatic rings. The van der Waals surface area contributed by atoms with Crippen LogP contribution in [0, 0.1) is 0 Å². The Bertz CT molecular complexity index is 182. The van der Waals surface area contributed by atoms with Gasteiger partial charge < -0.3 is 4.90 Å². The smallest absolute Gasteiger partial charge is 0.246 e. The zero-order valence-corrected chi connectivity index (χ0v) is 8.72. The summed E-state index contributed by atoms with van der Waals surface area (Å²) in [5.74, 6) is 0.101. The summed E-state index contributed by atoms with van der Waals surface area (Å²) < 4.78 is 0. The number of rotatable bonds is 3. The van der Waals surface area contributed by atoms with E-state index in [0.717, 1.165) is 12.0 Å². The highest BCUT2D eigenvalue weighted by Gasteiger charge is 2.08. The van der Waals surface area contributed by atoms with Gasteiger partial charge in [-0.2, -0.15) is 0 Å². The third kappa shape index (κ3) is 3.56. The van der Waals surface area contributed by atoms with Gasteiger partial charge >= 0.3 is 0 Å². The topological polar surface area (TPSA) is 20.3 Å². The lowest BCUT2D eigenvalue weighted by Crippen LogP contribution is -2.31. The van der Waals surface area contributed by atoms with E-state index in [1.807, 2.05) is 27.8 Å². The first-order valence-electron chi connectivity index (χ1n) is 4.43. The van der Waals surface area contributed by atoms with Gasteiger partial charge in [-0.3, -0.25) is 4.79 Å². The van der Waals surface area contributed by atoms with Gasteiger partial charge in [-0.05, 0) is 27.2 Å². The van der Waals surface area contributed by atoms with E-state index in [-0.39, 0.29) is 11.9 Å². The van der Waals surface area contributed by atoms with E-state index in [2.05, 4.69) is 6.92 Å². The molecule has 70 valence electrons. The Labute approximate surface area is 75.3 Å². The van der Waals surface area contributed by atoms with Crippen LogP contribution in [-0.4, -0.2) is 23.9 Å². The lowest BCUT2D eigenvalue weighted by Gasteiger charge is -2.19. The normalized spacial score (nSPS) is 12.0. The minimum Gasteiger partial charge on any atom is -0.340 e. The fourth-order valence-corrected chi connectivity index (χ4v) is 0.669. The molecule has 0 atom stereocenters. The Morgan fingerprint density at radius 1 is 1.50 bits per heavy atom. The van der Waals surface area contributed by atoms with Gasteiger partial charge in [-0.15, -0.1) is 0 Å². The molecule has 0 fully saturated rings. The van der Waals surface area contributed by atoms with Crippen molar-refractivity contribution < 1.29 is 4.79 Å². The molecular weight excluding hydrogens is 150 g/mol. The number of nitrogens with zero attached hydrogens (tertiary/aromatic N) is 1. The van der Waals surface area contributed by atoms with Crippen LogP contribution < -0.4 is 0 Å². The van der Waals surface area contributed by atoms with Gasteiger partial charge in [0.1, 0.15) is 0 Å². The van der Waals surface area contributed by atoms with Crippen LogP contribution in [0.2, 0.25) is 0 Å². The Morgan fingerprint density at radius 2 is 2.00 bits per heavy atom. The summed E-state index contributed by atoms with van der Waals surface area (Å²) in [7, 11) is 1.83. The molecule has 0 heterocycles. The van der Waals surface area contributed by atoms with Crippen molar-refractivity contribution >= 4 is 5.91 Å². The summed E-state index contributed by atoms with van der Waals surface area (Å²) in [4.78, 5) is 13.1. The molecule has 0 saturated carbocycles. The Morgan fingerprint density at radius 3 is 2.33 bits per heavy atom. The lowest BCUT2D eigenvalue weighted by molar-refractivity contribution is -0.126. The van der Waals surface area contributed by atoms with Crippen LogP contribution in [0.5, 0.6) is 0 Å². The summed E-state index contributed by atoms with van der Waals surface area (Å²) in [6.45, 7) is 8.04. The average Bonchev–Trinajstić information content (AvgIpc) is 2.02. The highest BCUT2D eigenvalue weighted by atomic mass is 16.2. The van der Waals surface area contributed by atoms with E-state index in [9.17, 15) is 4.79 Å². The highest BCUT2D eigenvalue weighted by molar-refractivity contribution is 5.88. The summed E-state index contributed by atoms with van der Waals surface area (Å²) in [5, 5.41) is 0. The maximum Gasteiger partial charge on any atom is 0.246 e. The molecule has 0 spiro atoms. The van der Waals surface area contributed by atoms with Gasteiger partial charge in [0.15, 0.2) is 0 Å². The molecule has 0 aliphatic heterocycles. The Balaban J connectivity index is 4.22. The predicted molar refractivity (Wildman–Crippen MR) is 52.0 cm³/mol. The molecule has 0 saturated heterocycles. The largest absolute Gasteiger partial charge is 0.340 e. The number of carbonyl (C=O) groups excluding carboxylic acids is 1. The molecule has 0 rings (SSSR count). The molecule has 12 heavy (non-hydrogen) atoms. The first-order chi connectivity index (χ1) is 5.49. The fraction of sp³-hybridized carbons (Fsp3) is 0.700. The Kier molecular flexibility index (Phi) is 4.64. The third-order valence-electron chi connectivity index (χ3n) is 2.05. The number of hydrogen-bond donors (Lipinski definition) is 0. The summed E-state index contributed by atoms with van der Waals surface area (Å²) in [6, 6.07) is 0.276. The summed E-state index contributed by atoms with van der Waals surface area (Å²) >= 11 is 0. The number of amides is 1. The van der Waals surface area contributed by atoms with Crippen LogP contribution >= 0.6 is 0 Å². The molecule has 0 aliphatic rings. The number of allylic oxidation sites excluding steroid dienone is 1. The molecular formula is C10H19NO. The second kappa shape index (κ2) is 4.96. The maximum atomic E-state index is 11.4. The minimum atomic E-state index is 0.101. The van der Waals surface area contributed by atoms with E-state index in [1.54, 1.807) is 11.0 Å². The van der Waals surface area contributed by atoms with Crippen molar-refractivity contribution in [1.82, 2.24) is 4.90 Å². The second-order valence-corrected chi connectivity index (χ2v) is 3.39. The fourth-order valence-electron chi connectivity index (χ4n) is 0.669. The van der Waals surface area contributed by atoms with Crippen LogP contribution in [0.4, 0.5) is 0 Å². The van der Waals surface area contributed by atoms with Crippen LogP contribution in [0.15, 0.2) is 11.6 Å². The zero-order valence-electron chi connectivity index (χ0n) is 8.72. The van der Waals surface area contributed by atoms with Crippen molar-refractivity contribution in [1.29, 1.82) is 0 Å². The van der Waals surface area contributed by atoms with Crippen molar-refractivity contribution in [3.63, 3.8) is 0 Å². The van der Waals surface area contributed by atoms with Gasteiger partial charge in [0.2, 0.25) is 5.91 Å². The molecule has 2 heteroatoms. The molecule has 0 aromatic carbocycles. The summed E-state index contributed by atoms with van der Waals surface area (Å²) in [5.41, 5.74) is 1.13. The second-order valence-electron chi connectivity index (χ2n) is 3.39. The van der Waals surface area contributed by atoms with Crippen molar-refractivity contribution in [2.24, 2.45) is 0 Å². The monoisotopic (exact) mass is 169 g/mol. The van der Waals surface area contributed by atoms with Crippen LogP contribution in [0.25, 0.3) is 0 Å². The predicted octanol–water partition coefficient (Wildman–Crippen LogP) is 2.21.